The van der Waals surface area contributed by atoms with Crippen molar-refractivity contribution in [2.45, 2.75) is 25.3 Å². The number of carbonyl (C=O) groups is 2. The first-order chi connectivity index (χ1) is 11.1. The highest BCUT2D eigenvalue weighted by Gasteiger charge is 2.24. The van der Waals surface area contributed by atoms with Gasteiger partial charge in [-0.3, -0.25) is 9.59 Å². The number of thioether (sulfide) groups is 1. The Hall–Kier alpha value is -1.44. The average molecular weight is 374 g/mol. The molecular weight excluding hydrogens is 350 g/mol. The Bertz CT molecular complexity index is 586. The van der Waals surface area contributed by atoms with Gasteiger partial charge in [0, 0.05) is 24.7 Å². The molecule has 24 heavy (non-hydrogen) atoms. The SMILES string of the molecule is COc1cc(NC(=O)[C@@H](N)CCSC)ccc1N1CCCC1=O.Cl. The molecule has 8 heteroatoms. The third-order valence-corrected chi connectivity index (χ3v) is 4.43. The largest absolute Gasteiger partial charge is 0.494 e. The summed E-state index contributed by atoms with van der Waals surface area (Å²) >= 11 is 1.66. The summed E-state index contributed by atoms with van der Waals surface area (Å²) in [7, 11) is 1.55. The number of benzene rings is 1. The van der Waals surface area contributed by atoms with Gasteiger partial charge in [-0.25, -0.2) is 0 Å². The van der Waals surface area contributed by atoms with E-state index in [1.165, 1.54) is 0 Å². The van der Waals surface area contributed by atoms with Crippen LogP contribution in [-0.4, -0.2) is 43.5 Å². The van der Waals surface area contributed by atoms with E-state index in [0.717, 1.165) is 17.9 Å². The zero-order valence-electron chi connectivity index (χ0n) is 13.9. The van der Waals surface area contributed by atoms with Gasteiger partial charge >= 0.3 is 0 Å². The number of amides is 2. The van der Waals surface area contributed by atoms with Crippen molar-refractivity contribution < 1.29 is 14.3 Å². The molecule has 3 N–H and O–H groups in total. The molecule has 0 saturated carbocycles. The summed E-state index contributed by atoms with van der Waals surface area (Å²) < 4.78 is 5.37. The molecule has 1 fully saturated rings. The number of rotatable bonds is 7. The number of nitrogens with one attached hydrogen (secondary N) is 1. The molecule has 1 saturated heterocycles. The first-order valence-electron chi connectivity index (χ1n) is 7.60. The molecule has 0 bridgehead atoms. The van der Waals surface area contributed by atoms with Crippen LogP contribution in [-0.2, 0) is 9.59 Å². The maximum Gasteiger partial charge on any atom is 0.241 e. The molecule has 0 unspecified atom stereocenters. The smallest absolute Gasteiger partial charge is 0.241 e. The van der Waals surface area contributed by atoms with E-state index in [1.54, 1.807) is 42.0 Å². The average Bonchev–Trinajstić information content (AvgIpc) is 2.98. The van der Waals surface area contributed by atoms with Crippen molar-refractivity contribution in [3.05, 3.63) is 18.2 Å². The van der Waals surface area contributed by atoms with Gasteiger partial charge in [0.15, 0.2) is 0 Å². The van der Waals surface area contributed by atoms with Crippen molar-refractivity contribution in [1.29, 1.82) is 0 Å². The molecule has 2 amide bonds. The second-order valence-electron chi connectivity index (χ2n) is 5.41. The van der Waals surface area contributed by atoms with Crippen LogP contribution >= 0.6 is 24.2 Å². The maximum atomic E-state index is 12.1. The van der Waals surface area contributed by atoms with E-state index in [1.807, 2.05) is 6.26 Å². The fourth-order valence-electron chi connectivity index (χ4n) is 2.49. The van der Waals surface area contributed by atoms with E-state index in [0.29, 0.717) is 30.8 Å². The lowest BCUT2D eigenvalue weighted by Crippen LogP contribution is -2.36. The maximum absolute atomic E-state index is 12.1. The molecular formula is C16H24ClN3O3S. The molecule has 1 aliphatic rings. The highest BCUT2D eigenvalue weighted by Crippen LogP contribution is 2.33. The van der Waals surface area contributed by atoms with Gasteiger partial charge in [-0.1, -0.05) is 0 Å². The number of carbonyl (C=O) groups excluding carboxylic acids is 2. The number of ether oxygens (including phenoxy) is 1. The lowest BCUT2D eigenvalue weighted by atomic mass is 10.2. The van der Waals surface area contributed by atoms with Crippen LogP contribution in [0.5, 0.6) is 5.75 Å². The standard InChI is InChI=1S/C16H23N3O3S.ClH/c1-22-14-10-11(18-16(21)12(17)7-9-23-2)5-6-13(14)19-8-3-4-15(19)20;/h5-6,10,12H,3-4,7-9,17H2,1-2H3,(H,18,21);1H/t12-;/m0./s1. The van der Waals surface area contributed by atoms with Crippen molar-refractivity contribution in [2.24, 2.45) is 5.73 Å². The highest BCUT2D eigenvalue weighted by molar-refractivity contribution is 7.98. The zero-order chi connectivity index (χ0) is 16.8. The van der Waals surface area contributed by atoms with E-state index in [-0.39, 0.29) is 24.2 Å². The van der Waals surface area contributed by atoms with Gasteiger partial charge in [0.1, 0.15) is 5.75 Å². The molecule has 134 valence electrons. The summed E-state index contributed by atoms with van der Waals surface area (Å²) in [5.74, 6) is 1.29. The quantitative estimate of drug-likeness (QED) is 0.765. The summed E-state index contributed by atoms with van der Waals surface area (Å²) in [5.41, 5.74) is 7.21. The van der Waals surface area contributed by atoms with E-state index < -0.39 is 6.04 Å². The van der Waals surface area contributed by atoms with Crippen molar-refractivity contribution in [3.63, 3.8) is 0 Å². The summed E-state index contributed by atoms with van der Waals surface area (Å²) in [6.07, 6.45) is 4.02. The Morgan fingerprint density at radius 1 is 1.50 bits per heavy atom. The van der Waals surface area contributed by atoms with Crippen LogP contribution in [0, 0.1) is 0 Å². The van der Waals surface area contributed by atoms with E-state index in [4.69, 9.17) is 10.5 Å². The van der Waals surface area contributed by atoms with Gasteiger partial charge in [-0.05, 0) is 37.0 Å². The monoisotopic (exact) mass is 373 g/mol. The molecule has 0 aromatic heterocycles. The summed E-state index contributed by atoms with van der Waals surface area (Å²) in [6.45, 7) is 0.695. The Balaban J connectivity index is 0.00000288. The minimum atomic E-state index is -0.534. The van der Waals surface area contributed by atoms with Crippen LogP contribution in [0.3, 0.4) is 0 Å². The van der Waals surface area contributed by atoms with Crippen LogP contribution in [0.15, 0.2) is 18.2 Å². The fourth-order valence-corrected chi connectivity index (χ4v) is 2.98. The summed E-state index contributed by atoms with van der Waals surface area (Å²) in [4.78, 5) is 25.7. The van der Waals surface area contributed by atoms with Crippen LogP contribution in [0.4, 0.5) is 11.4 Å². The van der Waals surface area contributed by atoms with Crippen LogP contribution in [0.1, 0.15) is 19.3 Å². The van der Waals surface area contributed by atoms with E-state index in [9.17, 15) is 9.59 Å². The van der Waals surface area contributed by atoms with Crippen LogP contribution in [0.2, 0.25) is 0 Å². The third kappa shape index (κ3) is 5.03. The minimum Gasteiger partial charge on any atom is -0.494 e. The first-order valence-corrected chi connectivity index (χ1v) is 9.00. The van der Waals surface area contributed by atoms with Gasteiger partial charge in [-0.2, -0.15) is 11.8 Å². The summed E-state index contributed by atoms with van der Waals surface area (Å²) in [5, 5.41) is 2.80. The lowest BCUT2D eigenvalue weighted by Gasteiger charge is -2.20. The van der Waals surface area contributed by atoms with E-state index in [2.05, 4.69) is 5.32 Å². The Morgan fingerprint density at radius 3 is 2.83 bits per heavy atom. The summed E-state index contributed by atoms with van der Waals surface area (Å²) in [6, 6.07) is 4.75. The molecule has 6 nitrogen and oxygen atoms in total. The van der Waals surface area contributed by atoms with Gasteiger partial charge in [0.25, 0.3) is 0 Å². The molecule has 0 radical (unpaired) electrons. The molecule has 0 spiro atoms. The highest BCUT2D eigenvalue weighted by atomic mass is 35.5. The number of nitrogens with two attached hydrogens (primary N) is 1. The molecule has 1 aliphatic heterocycles. The number of anilines is 2. The van der Waals surface area contributed by atoms with Gasteiger partial charge in [0.05, 0.1) is 18.8 Å². The predicted molar refractivity (Wildman–Crippen MR) is 101 cm³/mol. The third-order valence-electron chi connectivity index (χ3n) is 3.78. The van der Waals surface area contributed by atoms with Gasteiger partial charge in [-0.15, -0.1) is 12.4 Å². The van der Waals surface area contributed by atoms with Crippen molar-refractivity contribution in [1.82, 2.24) is 0 Å². The number of halogens is 1. The van der Waals surface area contributed by atoms with Crippen molar-refractivity contribution in [3.8, 4) is 5.75 Å². The molecule has 1 aromatic carbocycles. The molecule has 0 aliphatic carbocycles. The fraction of sp³-hybridized carbons (Fsp3) is 0.500. The number of hydrogen-bond acceptors (Lipinski definition) is 5. The molecule has 1 atom stereocenters. The number of methoxy groups -OCH3 is 1. The number of hydrogen-bond donors (Lipinski definition) is 2. The van der Waals surface area contributed by atoms with Crippen molar-refractivity contribution >= 4 is 47.4 Å². The normalized spacial score (nSPS) is 15.0. The van der Waals surface area contributed by atoms with Crippen LogP contribution < -0.4 is 20.7 Å². The Labute approximate surface area is 152 Å². The van der Waals surface area contributed by atoms with E-state index >= 15 is 0 Å². The predicted octanol–water partition coefficient (Wildman–Crippen LogP) is 2.26. The van der Waals surface area contributed by atoms with Gasteiger partial charge < -0.3 is 20.7 Å². The van der Waals surface area contributed by atoms with Crippen LogP contribution in [0.25, 0.3) is 0 Å². The zero-order valence-corrected chi connectivity index (χ0v) is 15.5. The second kappa shape index (κ2) is 9.76. The van der Waals surface area contributed by atoms with Gasteiger partial charge in [0.2, 0.25) is 11.8 Å². The Kier molecular flexibility index (Phi) is 8.38. The molecule has 1 aromatic rings. The second-order valence-corrected chi connectivity index (χ2v) is 6.40. The molecule has 2 rings (SSSR count). The topological polar surface area (TPSA) is 84.7 Å². The Morgan fingerprint density at radius 2 is 2.25 bits per heavy atom. The minimum absolute atomic E-state index is 0. The van der Waals surface area contributed by atoms with Crippen molar-refractivity contribution in [2.75, 3.05) is 35.9 Å². The first kappa shape index (κ1) is 20.6. The number of nitrogens with zero attached hydrogens (tertiary/aromatic N) is 1. The lowest BCUT2D eigenvalue weighted by molar-refractivity contribution is -0.118. The molecule has 1 heterocycles.